The predicted molar refractivity (Wildman–Crippen MR) is 266 cm³/mol. The fraction of sp³-hybridized carbons (Fsp3) is 0.967. The Morgan fingerprint density at radius 3 is 1.11 bits per heavy atom. The van der Waals surface area contributed by atoms with Crippen molar-refractivity contribution in [1.82, 2.24) is 0 Å². The van der Waals surface area contributed by atoms with Gasteiger partial charge in [-0.15, -0.1) is 0 Å². The summed E-state index contributed by atoms with van der Waals surface area (Å²) >= 11 is 0. The highest BCUT2D eigenvalue weighted by molar-refractivity contribution is 5.86. The Morgan fingerprint density at radius 1 is 0.453 bits per heavy atom. The van der Waals surface area contributed by atoms with Crippen LogP contribution in [0.5, 0.6) is 0 Å². The number of hydrogen-bond donors (Lipinski definition) is 2. The third-order valence-corrected chi connectivity index (χ3v) is 23.9. The van der Waals surface area contributed by atoms with Crippen molar-refractivity contribution >= 4 is 11.6 Å². The molecule has 0 radical (unpaired) electrons. The third kappa shape index (κ3) is 8.35. The smallest absolute Gasteiger partial charge is 0.138 e. The van der Waals surface area contributed by atoms with Gasteiger partial charge in [-0.3, -0.25) is 9.59 Å². The van der Waals surface area contributed by atoms with Crippen molar-refractivity contribution in [2.75, 3.05) is 0 Å². The largest absolute Gasteiger partial charge is 0.390 e. The topological polar surface area (TPSA) is 74.6 Å². The minimum Gasteiger partial charge on any atom is -0.390 e. The lowest BCUT2D eigenvalue weighted by Gasteiger charge is -2.67. The lowest BCUT2D eigenvalue weighted by Crippen LogP contribution is -2.65. The molecule has 0 amide bonds. The summed E-state index contributed by atoms with van der Waals surface area (Å²) in [7, 11) is 0. The highest BCUT2D eigenvalue weighted by atomic mass is 16.3. The maximum absolute atomic E-state index is 12.9. The summed E-state index contributed by atoms with van der Waals surface area (Å²) in [6, 6.07) is 0. The molecule has 0 saturated heterocycles. The van der Waals surface area contributed by atoms with Crippen LogP contribution in [0.15, 0.2) is 0 Å². The molecule has 0 heterocycles. The van der Waals surface area contributed by atoms with E-state index >= 15 is 0 Å². The summed E-state index contributed by atoms with van der Waals surface area (Å²) < 4.78 is 0. The van der Waals surface area contributed by atoms with E-state index in [1.165, 1.54) is 89.9 Å². The number of aliphatic hydroxyl groups is 2. The minimum atomic E-state index is -0.647. The fourth-order valence-corrected chi connectivity index (χ4v) is 20.3. The van der Waals surface area contributed by atoms with Gasteiger partial charge in [0.2, 0.25) is 0 Å². The van der Waals surface area contributed by atoms with E-state index in [2.05, 4.69) is 111 Å². The summed E-state index contributed by atoms with van der Waals surface area (Å²) in [6.45, 7) is 37.6. The molecule has 0 aromatic heterocycles. The van der Waals surface area contributed by atoms with Crippen LogP contribution in [0.3, 0.4) is 0 Å². The van der Waals surface area contributed by atoms with Crippen LogP contribution in [0.1, 0.15) is 239 Å². The van der Waals surface area contributed by atoms with Gasteiger partial charge >= 0.3 is 0 Å². The maximum Gasteiger partial charge on any atom is 0.138 e. The molecule has 18 atom stereocenters. The standard InChI is InChI=1S/2C30H52O2/c2*1-19(2)10-9-11-20(3)21-12-13-22-26-23(14-16-28(21,22)6)29(7)17-15-25(31)27(4,5)24(29)18-30(26,8)32/h2*19-24,26,32H,9-18H2,1-8H3/t2*20-,21-,22+,23+,24+,26+,28-,29-,30-/m11/s1. The van der Waals surface area contributed by atoms with Crippen LogP contribution < -0.4 is 0 Å². The van der Waals surface area contributed by atoms with Gasteiger partial charge in [0.1, 0.15) is 11.6 Å². The molecule has 8 saturated carbocycles. The van der Waals surface area contributed by atoms with Crippen molar-refractivity contribution < 1.29 is 19.8 Å². The third-order valence-electron chi connectivity index (χ3n) is 23.9. The number of Topliss-reactive ketones (excluding diaryl/α,β-unsaturated/α-hetero) is 2. The van der Waals surface area contributed by atoms with Gasteiger partial charge in [-0.1, -0.05) is 135 Å². The summed E-state index contributed by atoms with van der Waals surface area (Å²) in [5.41, 5.74) is -0.730. The Bertz CT molecular complexity index is 1560. The van der Waals surface area contributed by atoms with Crippen molar-refractivity contribution in [2.45, 2.75) is 250 Å². The SMILES string of the molecule is CC(C)CCC[C@@H](C)[C@H]1CC[C@H]2[C@H]3[C@H](CC[C@]12C)[C@@]1(C)CCC(=O)C(C)(C)[C@@H]1C[C@@]3(C)O.CC(C)CCC[C@@H](C)[C@H]1CC[C@H]2[C@H]3[C@H](CC[C@]12C)[C@@]1(C)CCC(=O)C(C)(C)[C@@H]1C[C@@]3(C)O. The highest BCUT2D eigenvalue weighted by Crippen LogP contribution is 2.74. The van der Waals surface area contributed by atoms with Gasteiger partial charge in [0.15, 0.2) is 0 Å². The van der Waals surface area contributed by atoms with Gasteiger partial charge in [0, 0.05) is 23.7 Å². The first-order chi connectivity index (χ1) is 29.5. The Hall–Kier alpha value is -0.740. The van der Waals surface area contributed by atoms with Crippen LogP contribution in [0, 0.1) is 115 Å². The summed E-state index contributed by atoms with van der Waals surface area (Å²) in [6.07, 6.45) is 23.8. The molecule has 368 valence electrons. The monoisotopic (exact) mass is 889 g/mol. The average molecular weight is 889 g/mol. The van der Waals surface area contributed by atoms with E-state index in [9.17, 15) is 19.8 Å². The zero-order valence-corrected chi connectivity index (χ0v) is 44.9. The second-order valence-electron chi connectivity index (χ2n) is 29.1. The van der Waals surface area contributed by atoms with Gasteiger partial charge in [0.25, 0.3) is 0 Å². The fourth-order valence-electron chi connectivity index (χ4n) is 20.3. The summed E-state index contributed by atoms with van der Waals surface area (Å²) in [5.74, 6) is 9.52. The van der Waals surface area contributed by atoms with Crippen LogP contribution >= 0.6 is 0 Å². The predicted octanol–water partition coefficient (Wildman–Crippen LogP) is 15.3. The van der Waals surface area contributed by atoms with Gasteiger partial charge in [0.05, 0.1) is 11.2 Å². The number of carbonyl (C=O) groups excluding carboxylic acids is 2. The molecule has 64 heavy (non-hydrogen) atoms. The molecule has 0 aliphatic heterocycles. The van der Waals surface area contributed by atoms with Crippen molar-refractivity contribution in [3.05, 3.63) is 0 Å². The Kier molecular flexibility index (Phi) is 14.0. The van der Waals surface area contributed by atoms with E-state index < -0.39 is 11.2 Å². The molecular formula is C60H104O4. The van der Waals surface area contributed by atoms with E-state index in [-0.39, 0.29) is 21.7 Å². The first-order valence-corrected chi connectivity index (χ1v) is 28.0. The molecule has 0 unspecified atom stereocenters. The normalized spacial score (nSPS) is 48.8. The van der Waals surface area contributed by atoms with E-state index in [1.54, 1.807) is 0 Å². The number of hydrogen-bond acceptors (Lipinski definition) is 4. The number of fused-ring (bicyclic) bond motifs is 10. The highest BCUT2D eigenvalue weighted by Gasteiger charge is 2.70. The number of carbonyl (C=O) groups is 2. The molecule has 0 aromatic carbocycles. The molecule has 4 nitrogen and oxygen atoms in total. The zero-order chi connectivity index (χ0) is 47.4. The second kappa shape index (κ2) is 17.6. The molecule has 8 fully saturated rings. The first-order valence-electron chi connectivity index (χ1n) is 28.0. The van der Waals surface area contributed by atoms with Crippen molar-refractivity contribution in [3.63, 3.8) is 0 Å². The van der Waals surface area contributed by atoms with Gasteiger partial charge in [-0.2, -0.15) is 0 Å². The number of rotatable bonds is 10. The van der Waals surface area contributed by atoms with E-state index in [1.807, 2.05) is 0 Å². The van der Waals surface area contributed by atoms with Gasteiger partial charge in [-0.25, -0.2) is 0 Å². The van der Waals surface area contributed by atoms with Crippen LogP contribution in [-0.2, 0) is 9.59 Å². The molecule has 0 aromatic rings. The van der Waals surface area contributed by atoms with Crippen LogP contribution in [0.2, 0.25) is 0 Å². The summed E-state index contributed by atoms with van der Waals surface area (Å²) in [5, 5.41) is 24.0. The second-order valence-corrected chi connectivity index (χ2v) is 29.1. The average Bonchev–Trinajstić information content (AvgIpc) is 3.73. The van der Waals surface area contributed by atoms with Crippen molar-refractivity contribution in [3.8, 4) is 0 Å². The lowest BCUT2D eigenvalue weighted by atomic mass is 9.38. The van der Waals surface area contributed by atoms with Crippen LogP contribution in [0.25, 0.3) is 0 Å². The van der Waals surface area contributed by atoms with Crippen molar-refractivity contribution in [2.24, 2.45) is 115 Å². The van der Waals surface area contributed by atoms with E-state index in [0.717, 1.165) is 74.0 Å². The number of ketones is 2. The maximum atomic E-state index is 12.9. The Morgan fingerprint density at radius 2 is 0.781 bits per heavy atom. The van der Waals surface area contributed by atoms with E-state index in [0.29, 0.717) is 69.7 Å². The van der Waals surface area contributed by atoms with Crippen LogP contribution in [0.4, 0.5) is 0 Å². The quantitative estimate of drug-likeness (QED) is 0.229. The molecule has 0 bridgehead atoms. The van der Waals surface area contributed by atoms with Gasteiger partial charge in [-0.05, 0) is 195 Å². The minimum absolute atomic E-state index is 0.201. The summed E-state index contributed by atoms with van der Waals surface area (Å²) in [4.78, 5) is 25.8. The molecule has 8 aliphatic carbocycles. The molecule has 8 rings (SSSR count). The molecule has 0 spiro atoms. The lowest BCUT2D eigenvalue weighted by molar-refractivity contribution is -0.223. The Labute approximate surface area is 395 Å². The Balaban J connectivity index is 0.000000191. The van der Waals surface area contributed by atoms with Crippen molar-refractivity contribution in [1.29, 1.82) is 0 Å². The molecular weight excluding hydrogens is 785 g/mol. The van der Waals surface area contributed by atoms with E-state index in [4.69, 9.17) is 0 Å². The zero-order valence-electron chi connectivity index (χ0n) is 44.9. The van der Waals surface area contributed by atoms with Gasteiger partial charge < -0.3 is 10.2 Å². The molecule has 8 aliphatic rings. The molecule has 4 heteroatoms. The molecule has 2 N–H and O–H groups in total. The van der Waals surface area contributed by atoms with Crippen LogP contribution in [-0.4, -0.2) is 33.0 Å². The first kappa shape index (κ1) is 51.1.